The van der Waals surface area contributed by atoms with Crippen LogP contribution in [-0.2, 0) is 0 Å². The van der Waals surface area contributed by atoms with Crippen molar-refractivity contribution < 1.29 is 4.42 Å². The topological polar surface area (TPSA) is 26.0 Å². The maximum atomic E-state index is 6.12. The number of aromatic nitrogens is 1. The van der Waals surface area contributed by atoms with Crippen molar-refractivity contribution in [1.29, 1.82) is 0 Å². The van der Waals surface area contributed by atoms with E-state index in [4.69, 9.17) is 4.42 Å². The number of halogens is 1. The van der Waals surface area contributed by atoms with E-state index in [0.717, 1.165) is 26.5 Å². The molecule has 0 unspecified atom stereocenters. The Balaban J connectivity index is 1.85. The van der Waals surface area contributed by atoms with Gasteiger partial charge in [-0.25, -0.2) is 4.98 Å². The Hall–Kier alpha value is -2.65. The number of fused-ring (bicyclic) bond motifs is 5. The Labute approximate surface area is 146 Å². The molecule has 2 nitrogen and oxygen atoms in total. The van der Waals surface area contributed by atoms with E-state index in [-0.39, 0.29) is 0 Å². The van der Waals surface area contributed by atoms with Crippen LogP contribution in [0, 0.1) is 0 Å². The third-order valence-electron chi connectivity index (χ3n) is 4.35. The third kappa shape index (κ3) is 2.05. The van der Waals surface area contributed by atoms with Gasteiger partial charge in [-0.2, -0.15) is 0 Å². The molecular weight excluding hydrogens is 362 g/mol. The van der Waals surface area contributed by atoms with Crippen LogP contribution in [0.1, 0.15) is 0 Å². The quantitative estimate of drug-likeness (QED) is 0.311. The summed E-state index contributed by atoms with van der Waals surface area (Å²) < 4.78 is 7.20. The van der Waals surface area contributed by atoms with E-state index in [9.17, 15) is 0 Å². The lowest BCUT2D eigenvalue weighted by Gasteiger charge is -2.04. The zero-order valence-corrected chi connectivity index (χ0v) is 14.2. The number of hydrogen-bond donors (Lipinski definition) is 0. The van der Waals surface area contributed by atoms with Gasteiger partial charge in [-0.3, -0.25) is 0 Å². The summed E-state index contributed by atoms with van der Waals surface area (Å²) in [4.78, 5) is 4.65. The summed E-state index contributed by atoms with van der Waals surface area (Å²) in [6.45, 7) is 0. The summed E-state index contributed by atoms with van der Waals surface area (Å²) in [5, 5.41) is 4.69. The highest BCUT2D eigenvalue weighted by Gasteiger charge is 2.12. The number of nitrogens with zero attached hydrogens (tertiary/aromatic N) is 1. The van der Waals surface area contributed by atoms with E-state index in [1.807, 2.05) is 36.4 Å². The predicted molar refractivity (Wildman–Crippen MR) is 102 cm³/mol. The molecule has 3 heteroatoms. The van der Waals surface area contributed by atoms with Crippen LogP contribution in [0.25, 0.3) is 44.1 Å². The lowest BCUT2D eigenvalue weighted by Crippen LogP contribution is -1.79. The Morgan fingerprint density at radius 2 is 1.54 bits per heavy atom. The Morgan fingerprint density at radius 3 is 2.42 bits per heavy atom. The molecule has 0 saturated carbocycles. The molecule has 0 N–H and O–H groups in total. The molecule has 0 aliphatic rings. The molecule has 0 bridgehead atoms. The fraction of sp³-hybridized carbons (Fsp3) is 0. The number of oxazole rings is 1. The summed E-state index contributed by atoms with van der Waals surface area (Å²) in [7, 11) is 0. The Morgan fingerprint density at radius 1 is 0.750 bits per heavy atom. The smallest absolute Gasteiger partial charge is 0.227 e. The van der Waals surface area contributed by atoms with Gasteiger partial charge in [0, 0.05) is 15.4 Å². The third-order valence-corrected chi connectivity index (χ3v) is 4.85. The molecule has 1 aromatic heterocycles. The molecule has 0 aliphatic carbocycles. The minimum absolute atomic E-state index is 0.660. The molecule has 0 atom stereocenters. The molecule has 0 spiro atoms. The highest BCUT2D eigenvalue weighted by molar-refractivity contribution is 9.10. The largest absolute Gasteiger partial charge is 0.435 e. The lowest BCUT2D eigenvalue weighted by molar-refractivity contribution is 0.623. The Kier molecular flexibility index (Phi) is 2.97. The average Bonchev–Trinajstić information content (AvgIpc) is 3.06. The van der Waals surface area contributed by atoms with E-state index in [2.05, 4.69) is 57.3 Å². The van der Waals surface area contributed by atoms with Gasteiger partial charge in [-0.1, -0.05) is 52.3 Å². The molecule has 0 saturated heterocycles. The summed E-state index contributed by atoms with van der Waals surface area (Å²) >= 11 is 3.57. The zero-order chi connectivity index (χ0) is 16.1. The molecule has 5 rings (SSSR count). The first-order valence-corrected chi connectivity index (χ1v) is 8.56. The van der Waals surface area contributed by atoms with Gasteiger partial charge in [0.1, 0.15) is 5.52 Å². The maximum Gasteiger partial charge on any atom is 0.227 e. The van der Waals surface area contributed by atoms with Crippen molar-refractivity contribution in [2.45, 2.75) is 0 Å². The van der Waals surface area contributed by atoms with Crippen LogP contribution in [0.5, 0.6) is 0 Å². The molecule has 1 heterocycles. The lowest BCUT2D eigenvalue weighted by atomic mass is 10.0. The zero-order valence-electron chi connectivity index (χ0n) is 12.7. The highest BCUT2D eigenvalue weighted by atomic mass is 79.9. The van der Waals surface area contributed by atoms with Crippen molar-refractivity contribution in [3.8, 4) is 11.5 Å². The van der Waals surface area contributed by atoms with Crippen molar-refractivity contribution in [1.82, 2.24) is 4.98 Å². The van der Waals surface area contributed by atoms with Gasteiger partial charge < -0.3 is 4.42 Å². The van der Waals surface area contributed by atoms with E-state index < -0.39 is 0 Å². The second-order valence-electron chi connectivity index (χ2n) is 5.82. The van der Waals surface area contributed by atoms with E-state index in [1.54, 1.807) is 0 Å². The molecule has 0 radical (unpaired) electrons. The molecule has 0 amide bonds. The van der Waals surface area contributed by atoms with Crippen molar-refractivity contribution in [3.63, 3.8) is 0 Å². The van der Waals surface area contributed by atoms with Gasteiger partial charge in [-0.15, -0.1) is 0 Å². The van der Waals surface area contributed by atoms with Crippen LogP contribution < -0.4 is 0 Å². The maximum absolute atomic E-state index is 6.12. The van der Waals surface area contributed by atoms with Crippen LogP contribution in [0.2, 0.25) is 0 Å². The van der Waals surface area contributed by atoms with Crippen LogP contribution in [0.15, 0.2) is 81.7 Å². The van der Waals surface area contributed by atoms with Crippen molar-refractivity contribution in [3.05, 3.63) is 77.3 Å². The van der Waals surface area contributed by atoms with Gasteiger partial charge in [0.2, 0.25) is 5.89 Å². The minimum atomic E-state index is 0.660. The summed E-state index contributed by atoms with van der Waals surface area (Å²) in [5.74, 6) is 0.660. The molecule has 4 aromatic carbocycles. The fourth-order valence-electron chi connectivity index (χ4n) is 3.20. The molecule has 5 aromatic rings. The van der Waals surface area contributed by atoms with Crippen LogP contribution >= 0.6 is 15.9 Å². The number of rotatable bonds is 1. The Bertz CT molecular complexity index is 1210. The summed E-state index contributed by atoms with van der Waals surface area (Å²) in [6, 6.07) is 24.8. The first-order valence-electron chi connectivity index (χ1n) is 7.76. The van der Waals surface area contributed by atoms with Gasteiger partial charge in [0.25, 0.3) is 0 Å². The molecule has 114 valence electrons. The van der Waals surface area contributed by atoms with Gasteiger partial charge in [0.15, 0.2) is 5.58 Å². The average molecular weight is 374 g/mol. The second kappa shape index (κ2) is 5.18. The predicted octanol–water partition coefficient (Wildman–Crippen LogP) is 6.56. The normalized spacial score (nSPS) is 11.5. The first kappa shape index (κ1) is 13.8. The van der Waals surface area contributed by atoms with Crippen molar-refractivity contribution in [2.24, 2.45) is 0 Å². The molecular formula is C21H12BrNO. The van der Waals surface area contributed by atoms with Crippen LogP contribution in [-0.4, -0.2) is 4.98 Å². The molecule has 0 fully saturated rings. The first-order chi connectivity index (χ1) is 11.8. The second-order valence-corrected chi connectivity index (χ2v) is 6.74. The number of benzene rings is 4. The highest BCUT2D eigenvalue weighted by Crippen LogP contribution is 2.34. The molecule has 0 aliphatic heterocycles. The fourth-order valence-corrected chi connectivity index (χ4v) is 3.56. The van der Waals surface area contributed by atoms with E-state index in [0.29, 0.717) is 5.89 Å². The van der Waals surface area contributed by atoms with Gasteiger partial charge in [-0.05, 0) is 52.6 Å². The number of hydrogen-bond acceptors (Lipinski definition) is 2. The SMILES string of the molecule is Brc1ccc2ccc3c(ccc4nc(-c5ccccc5)oc43)c2c1. The van der Waals surface area contributed by atoms with Gasteiger partial charge >= 0.3 is 0 Å². The van der Waals surface area contributed by atoms with Crippen LogP contribution in [0.4, 0.5) is 0 Å². The minimum Gasteiger partial charge on any atom is -0.435 e. The van der Waals surface area contributed by atoms with Gasteiger partial charge in [0.05, 0.1) is 0 Å². The van der Waals surface area contributed by atoms with Crippen molar-refractivity contribution in [2.75, 3.05) is 0 Å². The standard InChI is InChI=1S/C21H12BrNO/c22-15-8-6-13-7-9-17-16(18(13)12-15)10-11-19-20(17)24-21(23-19)14-4-2-1-3-5-14/h1-12H. The van der Waals surface area contributed by atoms with Crippen molar-refractivity contribution >= 4 is 48.6 Å². The molecule has 24 heavy (non-hydrogen) atoms. The van der Waals surface area contributed by atoms with E-state index in [1.165, 1.54) is 16.2 Å². The van der Waals surface area contributed by atoms with Crippen LogP contribution in [0.3, 0.4) is 0 Å². The summed E-state index contributed by atoms with van der Waals surface area (Å²) in [5.41, 5.74) is 2.72. The monoisotopic (exact) mass is 373 g/mol. The summed E-state index contributed by atoms with van der Waals surface area (Å²) in [6.07, 6.45) is 0. The van der Waals surface area contributed by atoms with E-state index >= 15 is 0 Å².